The molecule has 318 valence electrons. The first kappa shape index (κ1) is 42.0. The first-order valence-electron chi connectivity index (χ1n) is 18.5. The lowest BCUT2D eigenvalue weighted by Gasteiger charge is -2.36. The molecule has 0 radical (unpaired) electrons. The maximum absolute atomic E-state index is 12.0. The number of fused-ring (bicyclic) bond motifs is 2. The van der Waals surface area contributed by atoms with E-state index in [1.807, 2.05) is 0 Å². The van der Waals surface area contributed by atoms with Gasteiger partial charge in [-0.3, -0.25) is 0 Å². The van der Waals surface area contributed by atoms with E-state index in [0.29, 0.717) is 46.3 Å². The third kappa shape index (κ3) is 9.05. The van der Waals surface area contributed by atoms with Gasteiger partial charge in [-0.2, -0.15) is 0 Å². The lowest BCUT2D eigenvalue weighted by molar-refractivity contribution is -0.0336. The second-order valence-electron chi connectivity index (χ2n) is 13.1. The molecule has 2 aromatic heterocycles. The van der Waals surface area contributed by atoms with Crippen LogP contribution in [0, 0.1) is 0 Å². The molecule has 61 heavy (non-hydrogen) atoms. The fourth-order valence-electron chi connectivity index (χ4n) is 6.49. The van der Waals surface area contributed by atoms with E-state index in [0.717, 1.165) is 0 Å². The van der Waals surface area contributed by atoms with E-state index in [4.69, 9.17) is 42.2 Å². The second kappa shape index (κ2) is 18.4. The maximum atomic E-state index is 12.0. The smallest absolute Gasteiger partial charge is 0.336 e. The third-order valence-electron chi connectivity index (χ3n) is 9.37. The predicted molar refractivity (Wildman–Crippen MR) is 214 cm³/mol. The highest BCUT2D eigenvalue weighted by molar-refractivity contribution is 6.04. The summed E-state index contributed by atoms with van der Waals surface area (Å²) >= 11 is 0. The Kier molecular flexibility index (Phi) is 12.7. The Labute approximate surface area is 345 Å². The van der Waals surface area contributed by atoms with Crippen LogP contribution in [0.5, 0.6) is 11.5 Å². The number of carbonyl (C=O) groups is 4. The van der Waals surface area contributed by atoms with Crippen LogP contribution in [0.25, 0.3) is 44.6 Å². The second-order valence-corrected chi connectivity index (χ2v) is 13.1. The van der Waals surface area contributed by atoms with Gasteiger partial charge in [0.1, 0.15) is 58.8 Å². The first-order valence-corrected chi connectivity index (χ1v) is 18.5. The molecule has 0 atom stereocenters. The minimum atomic E-state index is -1.42. The Morgan fingerprint density at radius 2 is 0.836 bits per heavy atom. The van der Waals surface area contributed by atoms with Crippen LogP contribution in [-0.2, 0) is 23.9 Å². The van der Waals surface area contributed by atoms with Gasteiger partial charge in [0.15, 0.2) is 0 Å². The van der Waals surface area contributed by atoms with Crippen LogP contribution in [0.4, 0.5) is 11.4 Å². The van der Waals surface area contributed by atoms with Gasteiger partial charge >= 0.3 is 23.9 Å². The molecule has 19 nitrogen and oxygen atoms in total. The van der Waals surface area contributed by atoms with E-state index in [1.54, 1.807) is 36.4 Å². The molecule has 0 amide bonds. The van der Waals surface area contributed by atoms with Gasteiger partial charge in [0.05, 0.1) is 76.1 Å². The normalized spacial score (nSPS) is 14.7. The van der Waals surface area contributed by atoms with E-state index in [9.17, 15) is 39.6 Å². The van der Waals surface area contributed by atoms with Crippen molar-refractivity contribution in [1.82, 2.24) is 0 Å². The van der Waals surface area contributed by atoms with Crippen molar-refractivity contribution in [3.8, 4) is 34.1 Å². The average molecular weight is 843 g/mol. The van der Waals surface area contributed by atoms with Crippen LogP contribution in [0.3, 0.4) is 0 Å². The Hall–Kier alpha value is -7.16. The molecule has 1 fully saturated rings. The molecule has 1 aliphatic rings. The van der Waals surface area contributed by atoms with Crippen molar-refractivity contribution in [1.29, 1.82) is 0 Å². The molecular weight excluding hydrogens is 804 g/mol. The molecule has 1 saturated heterocycles. The number of hydrazine groups is 1. The minimum Gasteiger partial charge on any atom is -0.494 e. The number of ether oxygens (including phenoxy) is 5. The summed E-state index contributed by atoms with van der Waals surface area (Å²) in [5.74, 6) is -4.61. The number of furan rings is 2. The minimum absolute atomic E-state index is 0.0252. The lowest BCUT2D eigenvalue weighted by Crippen LogP contribution is -2.45. The summed E-state index contributed by atoms with van der Waals surface area (Å²) < 4.78 is 41.2. The molecule has 0 unspecified atom stereocenters. The molecule has 3 heterocycles. The number of hydrogen-bond acceptors (Lipinski definition) is 15. The van der Waals surface area contributed by atoms with Crippen molar-refractivity contribution < 1.29 is 81.8 Å². The van der Waals surface area contributed by atoms with E-state index in [-0.39, 0.29) is 85.2 Å². The van der Waals surface area contributed by atoms with Gasteiger partial charge in [0, 0.05) is 34.0 Å². The van der Waals surface area contributed by atoms with Crippen molar-refractivity contribution in [2.24, 2.45) is 0 Å². The number of nitrogens with zero attached hydrogens (tertiary/aromatic N) is 2. The molecule has 19 heteroatoms. The standard InChI is InChI=1S/C42H38N2O17/c1-53-37-19-25-17-33(23-3-5-27(39(45)46)29(15-23)41(49)50)60-35(25)21-31(37)43-44(59-14-12-57-10-8-55-7-9-56-11-13-58-43)32-22-36-26(20-38(32)54-2)18-34(61-36)24-4-6-28(40(47)48)30(16-24)42(51)52/h3-6,15-22H,7-14H2,1-2H3,(H,45,46)(H,47,48)(H,49,50)(H,51,52). The molecule has 4 N–H and O–H groups in total. The quantitative estimate of drug-likeness (QED) is 0.115. The molecule has 7 rings (SSSR count). The fraction of sp³-hybridized carbons (Fsp3) is 0.238. The zero-order valence-corrected chi connectivity index (χ0v) is 32.6. The van der Waals surface area contributed by atoms with E-state index in [2.05, 4.69) is 0 Å². The summed E-state index contributed by atoms with van der Waals surface area (Å²) in [4.78, 5) is 60.1. The van der Waals surface area contributed by atoms with Crippen molar-refractivity contribution in [3.63, 3.8) is 0 Å². The van der Waals surface area contributed by atoms with E-state index >= 15 is 0 Å². The van der Waals surface area contributed by atoms with Crippen LogP contribution in [-0.4, -0.2) is 111 Å². The third-order valence-corrected chi connectivity index (χ3v) is 9.37. The summed E-state index contributed by atoms with van der Waals surface area (Å²) in [6, 6.07) is 17.5. The van der Waals surface area contributed by atoms with Crippen LogP contribution < -0.4 is 19.8 Å². The van der Waals surface area contributed by atoms with Gasteiger partial charge in [-0.15, -0.1) is 10.3 Å². The highest BCUT2D eigenvalue weighted by Gasteiger charge is 2.29. The van der Waals surface area contributed by atoms with Gasteiger partial charge in [-0.25, -0.2) is 28.9 Å². The summed E-state index contributed by atoms with van der Waals surface area (Å²) in [5.41, 5.74) is 0.121. The predicted octanol–water partition coefficient (Wildman–Crippen LogP) is 6.48. The molecule has 6 aromatic rings. The SMILES string of the molecule is COc1cc2cc(-c3ccc(C(=O)O)c(C(=O)O)c3)oc2cc1N1OCCOCCOCCOCCON1c1cc2oc(-c3ccc(C(=O)O)c(C(=O)O)c3)cc2cc1OC. The topological polar surface area (TPSA) is 247 Å². The largest absolute Gasteiger partial charge is 0.494 e. The van der Waals surface area contributed by atoms with Gasteiger partial charge in [0.25, 0.3) is 0 Å². The zero-order chi connectivity index (χ0) is 43.2. The molecule has 0 saturated carbocycles. The Bertz CT molecular complexity index is 2440. The van der Waals surface area contributed by atoms with Crippen LogP contribution >= 0.6 is 0 Å². The molecule has 1 aliphatic heterocycles. The van der Waals surface area contributed by atoms with Gasteiger partial charge in [-0.1, -0.05) is 12.1 Å². The first-order chi connectivity index (χ1) is 29.5. The fourth-order valence-corrected chi connectivity index (χ4v) is 6.49. The van der Waals surface area contributed by atoms with Gasteiger partial charge < -0.3 is 52.9 Å². The van der Waals surface area contributed by atoms with Crippen molar-refractivity contribution >= 4 is 57.2 Å². The Balaban J connectivity index is 1.35. The summed E-state index contributed by atoms with van der Waals surface area (Å²) in [5, 5.41) is 42.2. The number of anilines is 2. The summed E-state index contributed by atoms with van der Waals surface area (Å²) in [6.07, 6.45) is 0. The maximum Gasteiger partial charge on any atom is 0.336 e. The highest BCUT2D eigenvalue weighted by Crippen LogP contribution is 2.43. The van der Waals surface area contributed by atoms with E-state index in [1.165, 1.54) is 61.0 Å². The molecular formula is C42H38N2O17. The number of rotatable bonds is 10. The highest BCUT2D eigenvalue weighted by atomic mass is 16.8. The van der Waals surface area contributed by atoms with E-state index < -0.39 is 35.0 Å². The molecule has 0 aliphatic carbocycles. The lowest BCUT2D eigenvalue weighted by atomic mass is 10.0. The molecule has 4 aromatic carbocycles. The van der Waals surface area contributed by atoms with Crippen LogP contribution in [0.15, 0.2) is 81.6 Å². The number of carboxylic acids is 4. The van der Waals surface area contributed by atoms with Crippen LogP contribution in [0.2, 0.25) is 0 Å². The zero-order valence-electron chi connectivity index (χ0n) is 32.6. The molecule has 0 spiro atoms. The van der Waals surface area contributed by atoms with Crippen molar-refractivity contribution in [3.05, 3.63) is 95.1 Å². The Morgan fingerprint density at radius 1 is 0.475 bits per heavy atom. The van der Waals surface area contributed by atoms with Gasteiger partial charge in [0.2, 0.25) is 0 Å². The monoisotopic (exact) mass is 842 g/mol. The number of methoxy groups -OCH3 is 2. The number of benzene rings is 4. The van der Waals surface area contributed by atoms with Crippen molar-refractivity contribution in [2.45, 2.75) is 0 Å². The molecule has 0 bridgehead atoms. The number of carboxylic acid groups (broad SMARTS) is 4. The van der Waals surface area contributed by atoms with Crippen molar-refractivity contribution in [2.75, 3.05) is 77.4 Å². The van der Waals surface area contributed by atoms with Crippen LogP contribution in [0.1, 0.15) is 41.4 Å². The average Bonchev–Trinajstić information content (AvgIpc) is 3.87. The summed E-state index contributed by atoms with van der Waals surface area (Å²) in [6.45, 7) is 1.41. The van der Waals surface area contributed by atoms with Gasteiger partial charge in [-0.05, 0) is 48.5 Å². The summed E-state index contributed by atoms with van der Waals surface area (Å²) in [7, 11) is 2.89. The number of aromatic carboxylic acids is 4. The number of hydrogen-bond donors (Lipinski definition) is 4. The Morgan fingerprint density at radius 3 is 1.18 bits per heavy atom.